The quantitative estimate of drug-likeness (QED) is 0.435. The molecule has 0 radical (unpaired) electrons. The third kappa shape index (κ3) is 5.82. The van der Waals surface area contributed by atoms with Crippen molar-refractivity contribution in [1.29, 1.82) is 0 Å². The monoisotopic (exact) mass is 264 g/mol. The molecular weight excluding hydrogens is 242 g/mol. The van der Waals surface area contributed by atoms with Crippen molar-refractivity contribution in [2.75, 3.05) is 0 Å². The highest BCUT2D eigenvalue weighted by Crippen LogP contribution is 2.20. The van der Waals surface area contributed by atoms with E-state index in [0.717, 1.165) is 18.4 Å². The highest BCUT2D eigenvalue weighted by Gasteiger charge is 2.03. The lowest BCUT2D eigenvalue weighted by atomic mass is 10.0. The van der Waals surface area contributed by atoms with Gasteiger partial charge in [-0.15, -0.1) is 0 Å². The van der Waals surface area contributed by atoms with Crippen molar-refractivity contribution in [3.05, 3.63) is 59.3 Å². The maximum atomic E-state index is 13.6. The van der Waals surface area contributed by atoms with Crippen molar-refractivity contribution in [3.63, 3.8) is 0 Å². The maximum absolute atomic E-state index is 13.6. The predicted octanol–water partition coefficient (Wildman–Crippen LogP) is 5.96. The Balaban J connectivity index is 2.73. The maximum Gasteiger partial charge on any atom is 0.125 e. The van der Waals surface area contributed by atoms with E-state index < -0.39 is 11.7 Å². The standard InChI is InChI=1S/C17H22F2/c1-13-7-4-5-9-16(10-6-8-13)11-12-17(19)14(2)15(3)18/h4,6-8,10,12-13H,5,9,11H2,1-3H3/b7-4-,8-6?,15-14+,16-10+,17-12+. The van der Waals surface area contributed by atoms with E-state index in [9.17, 15) is 8.78 Å². The van der Waals surface area contributed by atoms with Crippen LogP contribution in [0.15, 0.2) is 59.3 Å². The Morgan fingerprint density at radius 1 is 1.32 bits per heavy atom. The van der Waals surface area contributed by atoms with Crippen LogP contribution >= 0.6 is 0 Å². The van der Waals surface area contributed by atoms with Gasteiger partial charge < -0.3 is 0 Å². The lowest BCUT2D eigenvalue weighted by molar-refractivity contribution is 0.592. The van der Waals surface area contributed by atoms with Gasteiger partial charge >= 0.3 is 0 Å². The van der Waals surface area contributed by atoms with E-state index in [-0.39, 0.29) is 5.57 Å². The molecule has 1 atom stereocenters. The van der Waals surface area contributed by atoms with Gasteiger partial charge in [0.05, 0.1) is 0 Å². The van der Waals surface area contributed by atoms with Crippen molar-refractivity contribution in [2.45, 2.75) is 40.0 Å². The minimum absolute atomic E-state index is 0.0905. The first-order valence-corrected chi connectivity index (χ1v) is 6.72. The van der Waals surface area contributed by atoms with Crippen LogP contribution in [0, 0.1) is 5.92 Å². The van der Waals surface area contributed by atoms with Gasteiger partial charge in [0.1, 0.15) is 11.7 Å². The number of halogens is 2. The van der Waals surface area contributed by atoms with Crippen LogP contribution in [0.4, 0.5) is 8.78 Å². The molecule has 19 heavy (non-hydrogen) atoms. The molecule has 0 nitrogen and oxygen atoms in total. The second-order valence-corrected chi connectivity index (χ2v) is 4.95. The summed E-state index contributed by atoms with van der Waals surface area (Å²) in [4.78, 5) is 0. The molecule has 0 aromatic heterocycles. The zero-order valence-corrected chi connectivity index (χ0v) is 11.9. The molecule has 0 N–H and O–H groups in total. The van der Waals surface area contributed by atoms with Crippen molar-refractivity contribution in [3.8, 4) is 0 Å². The molecule has 1 aliphatic carbocycles. The Hall–Kier alpha value is -1.44. The molecule has 0 saturated carbocycles. The summed E-state index contributed by atoms with van der Waals surface area (Å²) in [7, 11) is 0. The Morgan fingerprint density at radius 3 is 2.74 bits per heavy atom. The Morgan fingerprint density at radius 2 is 2.05 bits per heavy atom. The van der Waals surface area contributed by atoms with Gasteiger partial charge in [-0.2, -0.15) is 0 Å². The van der Waals surface area contributed by atoms with Gasteiger partial charge in [0.15, 0.2) is 0 Å². The normalized spacial score (nSPS) is 26.7. The molecule has 0 aliphatic heterocycles. The van der Waals surface area contributed by atoms with Crippen molar-refractivity contribution in [2.24, 2.45) is 5.92 Å². The van der Waals surface area contributed by atoms with Crippen LogP contribution < -0.4 is 0 Å². The zero-order valence-electron chi connectivity index (χ0n) is 11.9. The molecule has 2 heteroatoms. The zero-order chi connectivity index (χ0) is 14.3. The largest absolute Gasteiger partial charge is 0.212 e. The average molecular weight is 264 g/mol. The van der Waals surface area contributed by atoms with Gasteiger partial charge in [-0.3, -0.25) is 0 Å². The van der Waals surface area contributed by atoms with Gasteiger partial charge in [-0.1, -0.05) is 42.9 Å². The van der Waals surface area contributed by atoms with Gasteiger partial charge in [0, 0.05) is 5.57 Å². The molecule has 0 saturated heterocycles. The van der Waals surface area contributed by atoms with Crippen LogP contribution in [0.1, 0.15) is 40.0 Å². The Labute approximate surface area is 114 Å². The molecule has 104 valence electrons. The molecule has 1 unspecified atom stereocenters. The summed E-state index contributed by atoms with van der Waals surface area (Å²) in [6, 6.07) is 0. The van der Waals surface area contributed by atoms with E-state index in [0.29, 0.717) is 12.3 Å². The first-order valence-electron chi connectivity index (χ1n) is 6.72. The van der Waals surface area contributed by atoms with Gasteiger partial charge in [-0.25, -0.2) is 8.78 Å². The smallest absolute Gasteiger partial charge is 0.125 e. The first kappa shape index (κ1) is 15.6. The fourth-order valence-electron chi connectivity index (χ4n) is 1.80. The molecule has 0 bridgehead atoms. The third-order valence-electron chi connectivity index (χ3n) is 3.24. The van der Waals surface area contributed by atoms with Crippen LogP contribution in [0.5, 0.6) is 0 Å². The molecule has 0 spiro atoms. The summed E-state index contributed by atoms with van der Waals surface area (Å²) in [5.74, 6) is -0.496. The number of hydrogen-bond donors (Lipinski definition) is 0. The van der Waals surface area contributed by atoms with Crippen molar-refractivity contribution < 1.29 is 8.78 Å². The van der Waals surface area contributed by atoms with Crippen molar-refractivity contribution >= 4 is 0 Å². The summed E-state index contributed by atoms with van der Waals surface area (Å²) in [6.45, 7) is 4.86. The molecule has 1 aliphatic rings. The van der Waals surface area contributed by atoms with Crippen LogP contribution in [0.25, 0.3) is 0 Å². The molecule has 0 aromatic rings. The lowest BCUT2D eigenvalue weighted by Gasteiger charge is -2.03. The number of hydrogen-bond acceptors (Lipinski definition) is 0. The Bertz CT molecular complexity index is 444. The van der Waals surface area contributed by atoms with E-state index in [2.05, 4.69) is 25.2 Å². The van der Waals surface area contributed by atoms with Gasteiger partial charge in [-0.05, 0) is 45.1 Å². The van der Waals surface area contributed by atoms with Crippen LogP contribution in [0.3, 0.4) is 0 Å². The minimum atomic E-state index is -0.464. The summed E-state index contributed by atoms with van der Waals surface area (Å²) < 4.78 is 26.5. The van der Waals surface area contributed by atoms with Gasteiger partial charge in [0.25, 0.3) is 0 Å². The summed E-state index contributed by atoms with van der Waals surface area (Å²) >= 11 is 0. The fraction of sp³-hybridized carbons (Fsp3) is 0.412. The SMILES string of the molecule is C/C(F)=C(C)\C(F)=C/C/C1=C/C=CC(C)/C=C\CC1. The van der Waals surface area contributed by atoms with Gasteiger partial charge in [0.2, 0.25) is 0 Å². The van der Waals surface area contributed by atoms with Crippen LogP contribution in [-0.2, 0) is 0 Å². The predicted molar refractivity (Wildman–Crippen MR) is 78.1 cm³/mol. The van der Waals surface area contributed by atoms with Crippen molar-refractivity contribution in [1.82, 2.24) is 0 Å². The average Bonchev–Trinajstić information content (AvgIpc) is 2.47. The second kappa shape index (κ2) is 7.88. The van der Waals surface area contributed by atoms with E-state index >= 15 is 0 Å². The number of rotatable bonds is 3. The molecule has 0 heterocycles. The van der Waals surface area contributed by atoms with E-state index in [1.54, 1.807) is 0 Å². The van der Waals surface area contributed by atoms with E-state index in [4.69, 9.17) is 0 Å². The molecule has 0 fully saturated rings. The first-order chi connectivity index (χ1) is 9.00. The topological polar surface area (TPSA) is 0 Å². The van der Waals surface area contributed by atoms with Crippen LogP contribution in [0.2, 0.25) is 0 Å². The molecule has 0 amide bonds. The van der Waals surface area contributed by atoms with Crippen LogP contribution in [-0.4, -0.2) is 0 Å². The molecular formula is C17H22F2. The van der Waals surface area contributed by atoms with E-state index in [1.807, 2.05) is 12.2 Å². The highest BCUT2D eigenvalue weighted by atomic mass is 19.1. The molecule has 0 aromatic carbocycles. The summed E-state index contributed by atoms with van der Waals surface area (Å²) in [6.07, 6.45) is 14.4. The minimum Gasteiger partial charge on any atom is -0.212 e. The lowest BCUT2D eigenvalue weighted by Crippen LogP contribution is -1.85. The molecule has 1 rings (SSSR count). The highest BCUT2D eigenvalue weighted by molar-refractivity contribution is 5.27. The summed E-state index contributed by atoms with van der Waals surface area (Å²) in [5.41, 5.74) is 1.25. The fourth-order valence-corrected chi connectivity index (χ4v) is 1.80. The van der Waals surface area contributed by atoms with E-state index in [1.165, 1.54) is 19.9 Å². The third-order valence-corrected chi connectivity index (χ3v) is 3.24. The summed E-state index contributed by atoms with van der Waals surface area (Å²) in [5, 5.41) is 0. The number of allylic oxidation sites excluding steroid dienone is 10. The Kier molecular flexibility index (Phi) is 6.48. The second-order valence-electron chi connectivity index (χ2n) is 4.95.